The monoisotopic (exact) mass is 460 g/mol. The highest BCUT2D eigenvalue weighted by Gasteiger charge is 2.31. The topological polar surface area (TPSA) is 57.2 Å². The minimum absolute atomic E-state index is 0.0344. The Kier molecular flexibility index (Phi) is 7.43. The van der Waals surface area contributed by atoms with E-state index in [-0.39, 0.29) is 11.7 Å². The first kappa shape index (κ1) is 24.3. The van der Waals surface area contributed by atoms with Crippen LogP contribution in [0.1, 0.15) is 29.3 Å². The lowest BCUT2D eigenvalue weighted by atomic mass is 10.0. The third kappa shape index (κ3) is 6.35. The third-order valence-electron chi connectivity index (χ3n) is 5.46. The molecule has 1 amide bonds. The van der Waals surface area contributed by atoms with Gasteiger partial charge in [-0.2, -0.15) is 0 Å². The van der Waals surface area contributed by atoms with Gasteiger partial charge in [0.15, 0.2) is 0 Å². The number of likely N-dealkylation sites (N-methyl/N-ethyl adjacent to an activating group) is 1. The van der Waals surface area contributed by atoms with Gasteiger partial charge in [0, 0.05) is 41.7 Å². The molecule has 2 aromatic rings. The van der Waals surface area contributed by atoms with Crippen LogP contribution in [-0.4, -0.2) is 61.0 Å². The predicted molar refractivity (Wildman–Crippen MR) is 123 cm³/mol. The van der Waals surface area contributed by atoms with Crippen LogP contribution in [0.2, 0.25) is 0 Å². The lowest BCUT2D eigenvalue weighted by molar-refractivity contribution is -0.274. The number of alkyl halides is 3. The van der Waals surface area contributed by atoms with E-state index in [0.717, 1.165) is 12.0 Å². The molecule has 0 radical (unpaired) electrons. The minimum atomic E-state index is -4.74. The van der Waals surface area contributed by atoms with Crippen LogP contribution in [0.15, 0.2) is 60.2 Å². The Morgan fingerprint density at radius 1 is 1.24 bits per heavy atom. The Morgan fingerprint density at radius 2 is 1.94 bits per heavy atom. The summed E-state index contributed by atoms with van der Waals surface area (Å²) in [7, 11) is 4.02. The molecule has 1 N–H and O–H groups in total. The molecule has 1 heterocycles. The highest BCUT2D eigenvalue weighted by molar-refractivity contribution is 6.06. The van der Waals surface area contributed by atoms with Crippen LogP contribution in [0.4, 0.5) is 24.5 Å². The number of amides is 1. The molecule has 0 spiro atoms. The van der Waals surface area contributed by atoms with Gasteiger partial charge in [0.25, 0.3) is 5.91 Å². The Labute approximate surface area is 191 Å². The van der Waals surface area contributed by atoms with Crippen molar-refractivity contribution in [3.8, 4) is 5.75 Å². The summed E-state index contributed by atoms with van der Waals surface area (Å²) in [6, 6.07) is 11.0. The zero-order valence-corrected chi connectivity index (χ0v) is 18.8. The van der Waals surface area contributed by atoms with E-state index in [2.05, 4.69) is 26.5 Å². The summed E-state index contributed by atoms with van der Waals surface area (Å²) in [6.45, 7) is 6.89. The molecule has 9 heteroatoms. The normalized spacial score (nSPS) is 16.8. The summed E-state index contributed by atoms with van der Waals surface area (Å²) in [5.41, 5.74) is 3.06. The van der Waals surface area contributed by atoms with Gasteiger partial charge in [0.1, 0.15) is 5.75 Å². The number of carbonyl (C=O) groups is 1. The number of rotatable bonds is 7. The van der Waals surface area contributed by atoms with Crippen LogP contribution in [-0.2, 0) is 0 Å². The van der Waals surface area contributed by atoms with Crippen molar-refractivity contribution in [1.29, 1.82) is 0 Å². The highest BCUT2D eigenvalue weighted by Crippen LogP contribution is 2.27. The molecule has 1 atom stereocenters. The lowest BCUT2D eigenvalue weighted by Crippen LogP contribution is -2.34. The smallest absolute Gasteiger partial charge is 0.406 e. The average Bonchev–Trinajstić information content (AvgIpc) is 3.24. The lowest BCUT2D eigenvalue weighted by Gasteiger charge is -2.21. The average molecular weight is 461 g/mol. The molecule has 1 aliphatic heterocycles. The van der Waals surface area contributed by atoms with Crippen LogP contribution >= 0.6 is 0 Å². The molecule has 1 unspecified atom stereocenters. The summed E-state index contributed by atoms with van der Waals surface area (Å²) < 4.78 is 40.9. The SMILES string of the molecule is C=CNc1cc(C(=O)N2CCC(N(C)C)C2)ccc1C(C)=Nc1ccc(OC(F)(F)F)cc1. The van der Waals surface area contributed by atoms with E-state index in [1.807, 2.05) is 19.0 Å². The molecule has 1 aliphatic rings. The molecule has 0 bridgehead atoms. The van der Waals surface area contributed by atoms with Crippen LogP contribution < -0.4 is 10.1 Å². The molecule has 0 aromatic heterocycles. The van der Waals surface area contributed by atoms with Crippen molar-refractivity contribution >= 4 is 23.0 Å². The van der Waals surface area contributed by atoms with E-state index in [1.165, 1.54) is 30.5 Å². The van der Waals surface area contributed by atoms with Crippen molar-refractivity contribution in [3.05, 3.63) is 66.4 Å². The second-order valence-electron chi connectivity index (χ2n) is 8.01. The Morgan fingerprint density at radius 3 is 2.52 bits per heavy atom. The fraction of sp³-hybridized carbons (Fsp3) is 0.333. The number of aliphatic imine (C=N–C) groups is 1. The first-order valence-corrected chi connectivity index (χ1v) is 10.5. The van der Waals surface area contributed by atoms with Crippen molar-refractivity contribution in [1.82, 2.24) is 9.80 Å². The zero-order chi connectivity index (χ0) is 24.2. The van der Waals surface area contributed by atoms with Crippen molar-refractivity contribution in [2.24, 2.45) is 4.99 Å². The Hall–Kier alpha value is -3.33. The fourth-order valence-electron chi connectivity index (χ4n) is 3.73. The second-order valence-corrected chi connectivity index (χ2v) is 8.01. The van der Waals surface area contributed by atoms with Gasteiger partial charge in [-0.25, -0.2) is 0 Å². The van der Waals surface area contributed by atoms with E-state index < -0.39 is 6.36 Å². The largest absolute Gasteiger partial charge is 0.573 e. The molecule has 3 rings (SSSR count). The number of benzene rings is 2. The number of ether oxygens (including phenoxy) is 1. The van der Waals surface area contributed by atoms with E-state index in [0.29, 0.717) is 41.8 Å². The minimum Gasteiger partial charge on any atom is -0.406 e. The maximum Gasteiger partial charge on any atom is 0.573 e. The highest BCUT2D eigenvalue weighted by atomic mass is 19.4. The van der Waals surface area contributed by atoms with Crippen LogP contribution in [0.5, 0.6) is 5.75 Å². The van der Waals surface area contributed by atoms with Gasteiger partial charge in [-0.15, -0.1) is 13.2 Å². The zero-order valence-electron chi connectivity index (χ0n) is 18.8. The summed E-state index contributed by atoms with van der Waals surface area (Å²) >= 11 is 0. The van der Waals surface area contributed by atoms with Gasteiger partial charge in [0.05, 0.1) is 5.69 Å². The van der Waals surface area contributed by atoms with Gasteiger partial charge >= 0.3 is 6.36 Å². The standard InChI is InChI=1S/C24H27F3N4O2/c1-5-28-22-14-17(23(32)31-13-12-19(15-31)30(3)4)6-11-21(22)16(2)29-18-7-9-20(10-8-18)33-24(25,26)27/h5-11,14,19,28H,1,12-13,15H2,2-4H3. The van der Waals surface area contributed by atoms with Gasteiger partial charge in [-0.05, 0) is 70.0 Å². The van der Waals surface area contributed by atoms with Gasteiger partial charge < -0.3 is 19.9 Å². The van der Waals surface area contributed by atoms with Crippen LogP contribution in [0, 0.1) is 0 Å². The molecular formula is C24H27F3N4O2. The van der Waals surface area contributed by atoms with E-state index in [9.17, 15) is 18.0 Å². The number of hydrogen-bond donors (Lipinski definition) is 1. The Bertz CT molecular complexity index is 1030. The number of likely N-dealkylation sites (tertiary alicyclic amines) is 1. The molecule has 33 heavy (non-hydrogen) atoms. The summed E-state index contributed by atoms with van der Waals surface area (Å²) in [5.74, 6) is -0.345. The quantitative estimate of drug-likeness (QED) is 0.587. The number of halogens is 3. The van der Waals surface area contributed by atoms with E-state index >= 15 is 0 Å². The number of anilines is 1. The third-order valence-corrected chi connectivity index (χ3v) is 5.46. The number of nitrogens with one attached hydrogen (secondary N) is 1. The molecule has 0 saturated carbocycles. The molecule has 0 aliphatic carbocycles. The van der Waals surface area contributed by atoms with Gasteiger partial charge in [0.2, 0.25) is 0 Å². The summed E-state index contributed by atoms with van der Waals surface area (Å²) in [4.78, 5) is 21.5. The molecular weight excluding hydrogens is 433 g/mol. The first-order chi connectivity index (χ1) is 15.6. The molecule has 6 nitrogen and oxygen atoms in total. The number of nitrogens with zero attached hydrogens (tertiary/aromatic N) is 3. The van der Waals surface area contributed by atoms with Crippen molar-refractivity contribution in [2.45, 2.75) is 25.7 Å². The maximum atomic E-state index is 13.0. The maximum absolute atomic E-state index is 13.0. The van der Waals surface area contributed by atoms with Gasteiger partial charge in [-0.1, -0.05) is 12.6 Å². The van der Waals surface area contributed by atoms with Crippen molar-refractivity contribution in [3.63, 3.8) is 0 Å². The fourth-order valence-corrected chi connectivity index (χ4v) is 3.73. The second kappa shape index (κ2) is 10.1. The molecule has 2 aromatic carbocycles. The van der Waals surface area contributed by atoms with Crippen molar-refractivity contribution in [2.75, 3.05) is 32.5 Å². The van der Waals surface area contributed by atoms with Crippen LogP contribution in [0.25, 0.3) is 0 Å². The summed E-state index contributed by atoms with van der Waals surface area (Å²) in [6.07, 6.45) is -2.29. The number of carbonyl (C=O) groups excluding carboxylic acids is 1. The molecule has 1 saturated heterocycles. The predicted octanol–water partition coefficient (Wildman–Crippen LogP) is 5.06. The molecule has 1 fully saturated rings. The Balaban J connectivity index is 1.81. The first-order valence-electron chi connectivity index (χ1n) is 10.5. The molecule has 176 valence electrons. The van der Waals surface area contributed by atoms with Crippen molar-refractivity contribution < 1.29 is 22.7 Å². The van der Waals surface area contributed by atoms with Gasteiger partial charge in [-0.3, -0.25) is 9.79 Å². The van der Waals surface area contributed by atoms with Crippen LogP contribution in [0.3, 0.4) is 0 Å². The van der Waals surface area contributed by atoms with E-state index in [1.54, 1.807) is 25.1 Å². The number of hydrogen-bond acceptors (Lipinski definition) is 5. The van der Waals surface area contributed by atoms with E-state index in [4.69, 9.17) is 0 Å². The summed E-state index contributed by atoms with van der Waals surface area (Å²) in [5, 5.41) is 3.05.